The smallest absolute Gasteiger partial charge is 0.243 e. The van der Waals surface area contributed by atoms with E-state index in [4.69, 9.17) is 4.74 Å². The summed E-state index contributed by atoms with van der Waals surface area (Å²) < 4.78 is 46.0. The molecule has 2 aliphatic heterocycles. The van der Waals surface area contributed by atoms with Gasteiger partial charge >= 0.3 is 0 Å². The highest BCUT2D eigenvalue weighted by atomic mass is 32.2. The van der Waals surface area contributed by atoms with Crippen LogP contribution in [-0.2, 0) is 19.6 Å². The van der Waals surface area contributed by atoms with Gasteiger partial charge in [0.15, 0.2) is 0 Å². The van der Waals surface area contributed by atoms with Crippen molar-refractivity contribution in [1.29, 1.82) is 0 Å². The number of aryl methyl sites for hydroxylation is 1. The molecule has 3 rings (SSSR count). The second-order valence-corrected chi connectivity index (χ2v) is 9.88. The summed E-state index contributed by atoms with van der Waals surface area (Å²) >= 11 is 0. The number of nitrogens with zero attached hydrogens (tertiary/aromatic N) is 2. The van der Waals surface area contributed by atoms with E-state index in [1.165, 1.54) is 22.5 Å². The van der Waals surface area contributed by atoms with Crippen LogP contribution in [0.5, 0.6) is 0 Å². The van der Waals surface area contributed by atoms with Gasteiger partial charge in [0.25, 0.3) is 0 Å². The van der Waals surface area contributed by atoms with Crippen molar-refractivity contribution in [1.82, 2.24) is 9.21 Å². The zero-order chi connectivity index (χ0) is 20.4. The third-order valence-electron chi connectivity index (χ3n) is 6.25. The average Bonchev–Trinajstić information content (AvgIpc) is 2.82. The number of benzene rings is 1. The Labute approximate surface area is 166 Å². The molecule has 0 aliphatic carbocycles. The Hall–Kier alpha value is -1.51. The van der Waals surface area contributed by atoms with E-state index in [2.05, 4.69) is 0 Å². The molecule has 6 nitrogen and oxygen atoms in total. The number of hydrogen-bond acceptors (Lipinski definition) is 4. The van der Waals surface area contributed by atoms with Gasteiger partial charge in [0.2, 0.25) is 15.9 Å². The van der Waals surface area contributed by atoms with Crippen molar-refractivity contribution in [3.8, 4) is 0 Å². The van der Waals surface area contributed by atoms with E-state index in [1.807, 2.05) is 4.90 Å². The average molecular weight is 413 g/mol. The summed E-state index contributed by atoms with van der Waals surface area (Å²) in [5.41, 5.74) is 0.343. The highest BCUT2D eigenvalue weighted by Gasteiger charge is 2.40. The fraction of sp³-hybridized carbons (Fsp3) is 0.650. The van der Waals surface area contributed by atoms with Crippen LogP contribution in [0, 0.1) is 18.2 Å². The Morgan fingerprint density at radius 3 is 2.46 bits per heavy atom. The lowest BCUT2D eigenvalue weighted by atomic mass is 9.73. The first-order valence-corrected chi connectivity index (χ1v) is 11.2. The van der Waals surface area contributed by atoms with Crippen molar-refractivity contribution < 1.29 is 22.3 Å². The number of likely N-dealkylation sites (tertiary alicyclic amines) is 1. The maximum absolute atomic E-state index is 13.5. The number of halogens is 1. The minimum Gasteiger partial charge on any atom is -0.383 e. The molecular formula is C20H29FN2O4S. The first kappa shape index (κ1) is 21.2. The fourth-order valence-electron chi connectivity index (χ4n) is 4.22. The molecule has 2 heterocycles. The SMILES string of the molecule is COCCN1CCC2(CCC1=O)CCN(S(=O)(=O)c1ccc(F)c(C)c1)CC2. The van der Waals surface area contributed by atoms with E-state index in [1.54, 1.807) is 14.0 Å². The van der Waals surface area contributed by atoms with Gasteiger partial charge in [-0.2, -0.15) is 4.31 Å². The highest BCUT2D eigenvalue weighted by molar-refractivity contribution is 7.89. The zero-order valence-electron chi connectivity index (χ0n) is 16.6. The van der Waals surface area contributed by atoms with E-state index in [0.29, 0.717) is 44.8 Å². The van der Waals surface area contributed by atoms with Crippen LogP contribution in [0.4, 0.5) is 4.39 Å². The van der Waals surface area contributed by atoms with Gasteiger partial charge in [0, 0.05) is 39.7 Å². The molecule has 0 N–H and O–H groups in total. The Morgan fingerprint density at radius 2 is 1.82 bits per heavy atom. The Balaban J connectivity index is 1.66. The van der Waals surface area contributed by atoms with E-state index in [0.717, 1.165) is 25.7 Å². The number of piperidine rings is 1. The maximum Gasteiger partial charge on any atom is 0.243 e. The molecule has 0 unspecified atom stereocenters. The lowest BCUT2D eigenvalue weighted by Gasteiger charge is -2.40. The van der Waals surface area contributed by atoms with Gasteiger partial charge in [-0.25, -0.2) is 12.8 Å². The van der Waals surface area contributed by atoms with Crippen molar-refractivity contribution >= 4 is 15.9 Å². The van der Waals surface area contributed by atoms with E-state index >= 15 is 0 Å². The third-order valence-corrected chi connectivity index (χ3v) is 8.14. The largest absolute Gasteiger partial charge is 0.383 e. The predicted molar refractivity (Wildman–Crippen MR) is 104 cm³/mol. The molecule has 1 aromatic carbocycles. The van der Waals surface area contributed by atoms with Crippen molar-refractivity contribution in [3.05, 3.63) is 29.6 Å². The molecule has 2 saturated heterocycles. The van der Waals surface area contributed by atoms with Crippen LogP contribution >= 0.6 is 0 Å². The first-order chi connectivity index (χ1) is 13.3. The molecule has 0 atom stereocenters. The quantitative estimate of drug-likeness (QED) is 0.746. The van der Waals surface area contributed by atoms with Gasteiger partial charge in [-0.1, -0.05) is 0 Å². The number of amides is 1. The molecule has 28 heavy (non-hydrogen) atoms. The molecule has 0 saturated carbocycles. The minimum absolute atomic E-state index is 0.0161. The molecule has 1 spiro atoms. The van der Waals surface area contributed by atoms with Gasteiger partial charge in [-0.15, -0.1) is 0 Å². The van der Waals surface area contributed by atoms with Crippen LogP contribution in [0.1, 0.15) is 37.7 Å². The lowest BCUT2D eigenvalue weighted by Crippen LogP contribution is -2.43. The number of hydrogen-bond donors (Lipinski definition) is 0. The van der Waals surface area contributed by atoms with Crippen molar-refractivity contribution in [3.63, 3.8) is 0 Å². The number of carbonyl (C=O) groups excluding carboxylic acids is 1. The molecular weight excluding hydrogens is 383 g/mol. The Morgan fingerprint density at radius 1 is 1.14 bits per heavy atom. The predicted octanol–water partition coefficient (Wildman–Crippen LogP) is 2.56. The van der Waals surface area contributed by atoms with Crippen LogP contribution < -0.4 is 0 Å². The fourth-order valence-corrected chi connectivity index (χ4v) is 5.74. The van der Waals surface area contributed by atoms with Crippen LogP contribution in [0.15, 0.2) is 23.1 Å². The van der Waals surface area contributed by atoms with Gasteiger partial charge in [0.05, 0.1) is 11.5 Å². The summed E-state index contributed by atoms with van der Waals surface area (Å²) in [5.74, 6) is -0.247. The van der Waals surface area contributed by atoms with Crippen LogP contribution in [-0.4, -0.2) is 63.4 Å². The molecule has 0 bridgehead atoms. The molecule has 2 aliphatic rings. The van der Waals surface area contributed by atoms with Gasteiger partial charge < -0.3 is 9.64 Å². The monoisotopic (exact) mass is 412 g/mol. The van der Waals surface area contributed by atoms with Crippen molar-refractivity contribution in [2.75, 3.05) is 39.9 Å². The normalized spacial score (nSPS) is 21.1. The zero-order valence-corrected chi connectivity index (χ0v) is 17.4. The number of sulfonamides is 1. The van der Waals surface area contributed by atoms with E-state index < -0.39 is 15.8 Å². The standard InChI is InChI=1S/C20H29FN2O4S/c1-16-15-17(3-4-18(16)21)28(25,26)23-11-8-20(9-12-23)6-5-19(24)22(10-7-20)13-14-27-2/h3-4,15H,5-14H2,1-2H3. The van der Waals surface area contributed by atoms with Crippen molar-refractivity contribution in [2.24, 2.45) is 5.41 Å². The second-order valence-electron chi connectivity index (χ2n) is 7.94. The minimum atomic E-state index is -3.63. The van der Waals surface area contributed by atoms with Crippen LogP contribution in [0.25, 0.3) is 0 Å². The van der Waals surface area contributed by atoms with Crippen molar-refractivity contribution in [2.45, 2.75) is 43.9 Å². The summed E-state index contributed by atoms with van der Waals surface area (Å²) in [6, 6.07) is 3.94. The van der Waals surface area contributed by atoms with Gasteiger partial charge in [-0.05, 0) is 61.8 Å². The number of rotatable bonds is 5. The molecule has 1 aromatic rings. The molecule has 8 heteroatoms. The number of ether oxygens (including phenoxy) is 1. The Bertz CT molecular complexity index is 819. The molecule has 0 radical (unpaired) electrons. The highest BCUT2D eigenvalue weighted by Crippen LogP contribution is 2.42. The topological polar surface area (TPSA) is 66.9 Å². The summed E-state index contributed by atoms with van der Waals surface area (Å²) in [6.45, 7) is 4.28. The summed E-state index contributed by atoms with van der Waals surface area (Å²) in [7, 11) is -2.00. The number of methoxy groups -OCH3 is 1. The maximum atomic E-state index is 13.5. The van der Waals surface area contributed by atoms with Crippen LogP contribution in [0.3, 0.4) is 0 Å². The van der Waals surface area contributed by atoms with Crippen LogP contribution in [0.2, 0.25) is 0 Å². The summed E-state index contributed by atoms with van der Waals surface area (Å²) in [4.78, 5) is 14.4. The van der Waals surface area contributed by atoms with E-state index in [9.17, 15) is 17.6 Å². The summed E-state index contributed by atoms with van der Waals surface area (Å²) in [5, 5.41) is 0. The molecule has 0 aromatic heterocycles. The molecule has 156 valence electrons. The van der Waals surface area contributed by atoms with E-state index in [-0.39, 0.29) is 16.2 Å². The third kappa shape index (κ3) is 4.39. The Kier molecular flexibility index (Phi) is 6.41. The first-order valence-electron chi connectivity index (χ1n) is 9.80. The van der Waals surface area contributed by atoms with Gasteiger partial charge in [0.1, 0.15) is 5.82 Å². The van der Waals surface area contributed by atoms with Gasteiger partial charge in [-0.3, -0.25) is 4.79 Å². The molecule has 2 fully saturated rings. The summed E-state index contributed by atoms with van der Waals surface area (Å²) in [6.07, 6.45) is 3.70. The second kappa shape index (κ2) is 8.47. The number of carbonyl (C=O) groups is 1. The molecule has 1 amide bonds. The lowest BCUT2D eigenvalue weighted by molar-refractivity contribution is -0.131.